The van der Waals surface area contributed by atoms with E-state index in [1.807, 2.05) is 11.9 Å². The number of hydrogen-bond acceptors (Lipinski definition) is 5. The fraction of sp³-hybridized carbons (Fsp3) is 0.579. The summed E-state index contributed by atoms with van der Waals surface area (Å²) < 4.78 is 21.5. The number of ether oxygens (including phenoxy) is 4. The van der Waals surface area contributed by atoms with Crippen LogP contribution in [0.2, 0.25) is 0 Å². The second-order valence-corrected chi connectivity index (χ2v) is 6.91. The van der Waals surface area contributed by atoms with Gasteiger partial charge < -0.3 is 28.7 Å². The summed E-state index contributed by atoms with van der Waals surface area (Å²) in [6, 6.07) is 5.70. The zero-order valence-electron chi connectivity index (χ0n) is 16.2. The van der Waals surface area contributed by atoms with E-state index in [-0.39, 0.29) is 12.7 Å². The lowest BCUT2D eigenvalue weighted by Crippen LogP contribution is -3.10. The molecule has 2 aliphatic heterocycles. The molecule has 2 heterocycles. The molecule has 3 rings (SSSR count). The summed E-state index contributed by atoms with van der Waals surface area (Å²) in [5.41, 5.74) is 0.438. The van der Waals surface area contributed by atoms with Gasteiger partial charge in [-0.25, -0.2) is 0 Å². The fourth-order valence-electron chi connectivity index (χ4n) is 3.25. The molecule has 148 valence electrons. The number of fused-ring (bicyclic) bond motifs is 1. The Morgan fingerprint density at radius 3 is 2.74 bits per heavy atom. The quantitative estimate of drug-likeness (QED) is 0.448. The van der Waals surface area contributed by atoms with Crippen LogP contribution in [0.4, 0.5) is 0 Å². The van der Waals surface area contributed by atoms with E-state index < -0.39 is 0 Å². The number of piperidine rings is 1. The maximum atomic E-state index is 12.7. The minimum Gasteiger partial charge on any atom is -0.462 e. The van der Waals surface area contributed by atoms with E-state index >= 15 is 0 Å². The van der Waals surface area contributed by atoms with Crippen molar-refractivity contribution < 1.29 is 28.6 Å². The SMILES string of the molecule is COCCOC(=NC(=O)c1ccc2c(c1)OCO2)N(C)C1CC[NH+](C)CC1. The van der Waals surface area contributed by atoms with Crippen LogP contribution in [0.3, 0.4) is 0 Å². The molecule has 1 amide bonds. The van der Waals surface area contributed by atoms with Gasteiger partial charge in [0.2, 0.25) is 6.79 Å². The van der Waals surface area contributed by atoms with Crippen LogP contribution in [0.5, 0.6) is 11.5 Å². The monoisotopic (exact) mass is 378 g/mol. The third-order valence-corrected chi connectivity index (χ3v) is 4.99. The van der Waals surface area contributed by atoms with Gasteiger partial charge in [0, 0.05) is 38.6 Å². The first-order valence-corrected chi connectivity index (χ1v) is 9.27. The van der Waals surface area contributed by atoms with E-state index in [1.54, 1.807) is 25.3 Å². The summed E-state index contributed by atoms with van der Waals surface area (Å²) in [4.78, 5) is 20.5. The number of amidine groups is 1. The highest BCUT2D eigenvalue weighted by Gasteiger charge is 2.27. The van der Waals surface area contributed by atoms with Crippen LogP contribution in [0, 0.1) is 0 Å². The summed E-state index contributed by atoms with van der Waals surface area (Å²) in [7, 11) is 5.74. The first-order valence-electron chi connectivity index (χ1n) is 9.27. The molecule has 27 heavy (non-hydrogen) atoms. The molecule has 8 heteroatoms. The average Bonchev–Trinajstić information content (AvgIpc) is 3.15. The third kappa shape index (κ3) is 4.90. The lowest BCUT2D eigenvalue weighted by Gasteiger charge is -2.34. The van der Waals surface area contributed by atoms with Crippen molar-refractivity contribution in [1.29, 1.82) is 0 Å². The molecule has 1 aromatic carbocycles. The van der Waals surface area contributed by atoms with Crippen LogP contribution in [0.15, 0.2) is 23.2 Å². The molecule has 0 aliphatic carbocycles. The molecule has 0 radical (unpaired) electrons. The summed E-state index contributed by atoms with van der Waals surface area (Å²) in [5, 5.41) is 0. The molecule has 1 saturated heterocycles. The van der Waals surface area contributed by atoms with Crippen molar-refractivity contribution in [3.05, 3.63) is 23.8 Å². The number of amides is 1. The van der Waals surface area contributed by atoms with Gasteiger partial charge >= 0.3 is 0 Å². The van der Waals surface area contributed by atoms with Gasteiger partial charge in [-0.3, -0.25) is 4.79 Å². The maximum Gasteiger partial charge on any atom is 0.295 e. The Balaban J connectivity index is 1.75. The Labute approximate surface area is 159 Å². The molecular formula is C19H28N3O5+. The first kappa shape index (κ1) is 19.4. The molecule has 0 aromatic heterocycles. The van der Waals surface area contributed by atoms with Crippen LogP contribution >= 0.6 is 0 Å². The van der Waals surface area contributed by atoms with Gasteiger partial charge in [0.15, 0.2) is 11.5 Å². The number of likely N-dealkylation sites (tertiary alicyclic amines) is 1. The topological polar surface area (TPSA) is 74.0 Å². The number of rotatable bonds is 5. The lowest BCUT2D eigenvalue weighted by molar-refractivity contribution is -0.885. The van der Waals surface area contributed by atoms with Crippen molar-refractivity contribution in [1.82, 2.24) is 4.90 Å². The van der Waals surface area contributed by atoms with E-state index in [0.717, 1.165) is 25.9 Å². The summed E-state index contributed by atoms with van der Waals surface area (Å²) in [6.45, 7) is 3.13. The first-order chi connectivity index (χ1) is 13.1. The van der Waals surface area contributed by atoms with Crippen molar-refractivity contribution in [3.63, 3.8) is 0 Å². The highest BCUT2D eigenvalue weighted by atomic mass is 16.7. The number of hydrogen-bond donors (Lipinski definition) is 1. The largest absolute Gasteiger partial charge is 0.462 e. The highest BCUT2D eigenvalue weighted by Crippen LogP contribution is 2.32. The minimum atomic E-state index is -0.369. The van der Waals surface area contributed by atoms with Gasteiger partial charge in [0.25, 0.3) is 11.9 Å². The number of benzene rings is 1. The minimum absolute atomic E-state index is 0.169. The number of quaternary nitrogens is 1. The third-order valence-electron chi connectivity index (χ3n) is 4.99. The Hall–Kier alpha value is -2.32. The van der Waals surface area contributed by atoms with Gasteiger partial charge in [-0.1, -0.05) is 0 Å². The van der Waals surface area contributed by atoms with Crippen molar-refractivity contribution in [3.8, 4) is 11.5 Å². The van der Waals surface area contributed by atoms with Gasteiger partial charge in [0.05, 0.1) is 26.7 Å². The maximum absolute atomic E-state index is 12.7. The molecule has 0 unspecified atom stereocenters. The van der Waals surface area contributed by atoms with Crippen molar-refractivity contribution in [2.24, 2.45) is 4.99 Å². The number of aliphatic imine (C=N–C) groups is 1. The van der Waals surface area contributed by atoms with Crippen LogP contribution in [-0.4, -0.2) is 77.2 Å². The summed E-state index contributed by atoms with van der Waals surface area (Å²) in [5.74, 6) is 0.828. The molecular weight excluding hydrogens is 350 g/mol. The van der Waals surface area contributed by atoms with Gasteiger partial charge in [-0.05, 0) is 18.2 Å². The van der Waals surface area contributed by atoms with Crippen LogP contribution < -0.4 is 14.4 Å². The number of nitrogens with one attached hydrogen (secondary N) is 1. The predicted molar refractivity (Wildman–Crippen MR) is 99.6 cm³/mol. The number of methoxy groups -OCH3 is 1. The second kappa shape index (κ2) is 9.05. The molecule has 0 saturated carbocycles. The van der Waals surface area contributed by atoms with E-state index in [4.69, 9.17) is 18.9 Å². The van der Waals surface area contributed by atoms with E-state index in [1.165, 1.54) is 4.90 Å². The molecule has 1 fully saturated rings. The molecule has 1 aromatic rings. The molecule has 8 nitrogen and oxygen atoms in total. The molecule has 2 aliphatic rings. The van der Waals surface area contributed by atoms with Crippen LogP contribution in [0.25, 0.3) is 0 Å². The van der Waals surface area contributed by atoms with Crippen LogP contribution in [0.1, 0.15) is 23.2 Å². The van der Waals surface area contributed by atoms with Crippen molar-refractivity contribution >= 4 is 11.9 Å². The Kier molecular flexibility index (Phi) is 6.52. The molecule has 0 atom stereocenters. The van der Waals surface area contributed by atoms with Gasteiger partial charge in [-0.2, -0.15) is 4.99 Å². The zero-order chi connectivity index (χ0) is 19.2. The highest BCUT2D eigenvalue weighted by molar-refractivity contribution is 6.01. The average molecular weight is 378 g/mol. The molecule has 0 spiro atoms. The van der Waals surface area contributed by atoms with E-state index in [2.05, 4.69) is 12.0 Å². The van der Waals surface area contributed by atoms with Crippen molar-refractivity contribution in [2.75, 3.05) is 54.3 Å². The van der Waals surface area contributed by atoms with Gasteiger partial charge in [0.1, 0.15) is 6.61 Å². The van der Waals surface area contributed by atoms with E-state index in [9.17, 15) is 4.79 Å². The second-order valence-electron chi connectivity index (χ2n) is 6.91. The Morgan fingerprint density at radius 2 is 2.00 bits per heavy atom. The number of nitrogens with zero attached hydrogens (tertiary/aromatic N) is 2. The predicted octanol–water partition coefficient (Wildman–Crippen LogP) is 0.183. The normalized spacial score (nSPS) is 21.8. The number of carbonyl (C=O) groups excluding carboxylic acids is 1. The van der Waals surface area contributed by atoms with Crippen LogP contribution in [-0.2, 0) is 9.47 Å². The lowest BCUT2D eigenvalue weighted by atomic mass is 10.0. The summed E-state index contributed by atoms with van der Waals surface area (Å²) >= 11 is 0. The van der Waals surface area contributed by atoms with Gasteiger partial charge in [-0.15, -0.1) is 0 Å². The molecule has 0 bridgehead atoms. The smallest absolute Gasteiger partial charge is 0.295 e. The fourth-order valence-corrected chi connectivity index (χ4v) is 3.25. The Morgan fingerprint density at radius 1 is 1.26 bits per heavy atom. The summed E-state index contributed by atoms with van der Waals surface area (Å²) in [6.07, 6.45) is 2.07. The molecule has 1 N–H and O–H groups in total. The van der Waals surface area contributed by atoms with E-state index in [0.29, 0.717) is 42.3 Å². The zero-order valence-corrected chi connectivity index (χ0v) is 16.2. The van der Waals surface area contributed by atoms with Crippen molar-refractivity contribution in [2.45, 2.75) is 18.9 Å². The number of carbonyl (C=O) groups is 1. The standard InChI is InChI=1S/C19H27N3O5/c1-21-8-6-15(7-9-21)22(2)19(25-11-10-24-3)20-18(23)14-4-5-16-17(12-14)27-13-26-16/h4-5,12,15H,6-11,13H2,1-3H3/p+1. The Bertz CT molecular complexity index is 686.